The topological polar surface area (TPSA) is 111 Å². The number of nitrogens with two attached hydrogens (primary N) is 1. The van der Waals surface area contributed by atoms with Crippen LogP contribution in [-0.2, 0) is 0 Å². The predicted molar refractivity (Wildman–Crippen MR) is 100 cm³/mol. The Hall–Kier alpha value is -3.00. The summed E-state index contributed by atoms with van der Waals surface area (Å²) in [5, 5.41) is 0.916. The zero-order valence-corrected chi connectivity index (χ0v) is 14.8. The number of halogens is 1. The maximum absolute atomic E-state index is 12.8. The molecule has 1 aromatic carbocycles. The van der Waals surface area contributed by atoms with E-state index >= 15 is 0 Å². The Balaban J connectivity index is 0.00000196. The van der Waals surface area contributed by atoms with Gasteiger partial charge in [-0.3, -0.25) is 9.59 Å². The van der Waals surface area contributed by atoms with E-state index in [4.69, 9.17) is 5.73 Å². The molecule has 1 aliphatic rings. The summed E-state index contributed by atoms with van der Waals surface area (Å²) in [5.74, 6) is 0.0511. The lowest BCUT2D eigenvalue weighted by molar-refractivity contribution is 0.0533. The molecule has 0 saturated carbocycles. The van der Waals surface area contributed by atoms with Crippen molar-refractivity contribution in [1.82, 2.24) is 24.8 Å². The van der Waals surface area contributed by atoms with Crippen LogP contribution < -0.4 is 5.73 Å². The van der Waals surface area contributed by atoms with Crippen LogP contribution in [0, 0.1) is 0 Å². The molecule has 26 heavy (non-hydrogen) atoms. The Kier molecular flexibility index (Phi) is 4.85. The van der Waals surface area contributed by atoms with Gasteiger partial charge < -0.3 is 25.5 Å². The van der Waals surface area contributed by atoms with Crippen molar-refractivity contribution in [2.75, 3.05) is 31.9 Å². The minimum absolute atomic E-state index is 0. The van der Waals surface area contributed by atoms with Crippen molar-refractivity contribution in [3.8, 4) is 0 Å². The van der Waals surface area contributed by atoms with Gasteiger partial charge in [0.15, 0.2) is 5.95 Å². The average molecular weight is 375 g/mol. The highest BCUT2D eigenvalue weighted by Gasteiger charge is 2.27. The summed E-state index contributed by atoms with van der Waals surface area (Å²) in [6, 6.07) is 7.72. The SMILES string of the molecule is Cl.Nc1ncc(C(=O)N2CCN(C(=O)c3c[nH]c4ccccc34)CC2)[nH]1. The van der Waals surface area contributed by atoms with E-state index < -0.39 is 0 Å². The third-order valence-electron chi connectivity index (χ3n) is 4.50. The summed E-state index contributed by atoms with van der Waals surface area (Å²) in [7, 11) is 0. The summed E-state index contributed by atoms with van der Waals surface area (Å²) < 4.78 is 0. The second kappa shape index (κ2) is 7.09. The van der Waals surface area contributed by atoms with E-state index in [-0.39, 0.29) is 30.2 Å². The Bertz CT molecular complexity index is 942. The highest BCUT2D eigenvalue weighted by atomic mass is 35.5. The lowest BCUT2D eigenvalue weighted by atomic mass is 10.1. The molecule has 0 atom stereocenters. The second-order valence-electron chi connectivity index (χ2n) is 6.01. The van der Waals surface area contributed by atoms with Gasteiger partial charge >= 0.3 is 0 Å². The van der Waals surface area contributed by atoms with Crippen molar-refractivity contribution < 1.29 is 9.59 Å². The number of benzene rings is 1. The number of aromatic nitrogens is 3. The van der Waals surface area contributed by atoms with Crippen molar-refractivity contribution >= 4 is 41.1 Å². The first kappa shape index (κ1) is 17.8. The highest BCUT2D eigenvalue weighted by Crippen LogP contribution is 2.20. The van der Waals surface area contributed by atoms with Crippen molar-refractivity contribution in [2.24, 2.45) is 0 Å². The fourth-order valence-corrected chi connectivity index (χ4v) is 3.15. The number of imidazole rings is 1. The van der Waals surface area contributed by atoms with Gasteiger partial charge in [0.2, 0.25) is 0 Å². The first-order valence-electron chi connectivity index (χ1n) is 8.08. The first-order chi connectivity index (χ1) is 12.1. The summed E-state index contributed by atoms with van der Waals surface area (Å²) in [6.45, 7) is 1.94. The lowest BCUT2D eigenvalue weighted by Gasteiger charge is -2.34. The van der Waals surface area contributed by atoms with E-state index in [1.807, 2.05) is 24.3 Å². The van der Waals surface area contributed by atoms with Crippen molar-refractivity contribution in [3.05, 3.63) is 47.9 Å². The number of rotatable bonds is 2. The number of amides is 2. The number of hydrogen-bond acceptors (Lipinski definition) is 4. The number of piperazine rings is 1. The number of nitrogens with one attached hydrogen (secondary N) is 2. The van der Waals surface area contributed by atoms with Gasteiger partial charge in [0, 0.05) is 43.3 Å². The van der Waals surface area contributed by atoms with Crippen molar-refractivity contribution in [2.45, 2.75) is 0 Å². The van der Waals surface area contributed by atoms with Crippen LogP contribution in [0.5, 0.6) is 0 Å². The van der Waals surface area contributed by atoms with Gasteiger partial charge in [-0.25, -0.2) is 4.98 Å². The van der Waals surface area contributed by atoms with Crippen LogP contribution in [-0.4, -0.2) is 62.7 Å². The number of carbonyl (C=O) groups excluding carboxylic acids is 2. The van der Waals surface area contributed by atoms with Crippen LogP contribution >= 0.6 is 12.4 Å². The fourth-order valence-electron chi connectivity index (χ4n) is 3.15. The smallest absolute Gasteiger partial charge is 0.272 e. The normalized spacial score (nSPS) is 14.3. The third kappa shape index (κ3) is 3.11. The molecule has 0 unspecified atom stereocenters. The van der Waals surface area contributed by atoms with Crippen LogP contribution in [0.2, 0.25) is 0 Å². The van der Waals surface area contributed by atoms with Gasteiger partial charge in [-0.1, -0.05) is 18.2 Å². The molecule has 0 spiro atoms. The highest BCUT2D eigenvalue weighted by molar-refractivity contribution is 6.06. The van der Waals surface area contributed by atoms with Gasteiger partial charge in [-0.05, 0) is 6.07 Å². The van der Waals surface area contributed by atoms with Crippen LogP contribution in [0.1, 0.15) is 20.8 Å². The summed E-state index contributed by atoms with van der Waals surface area (Å²) in [6.07, 6.45) is 3.18. The molecule has 4 N–H and O–H groups in total. The molecule has 1 saturated heterocycles. The Morgan fingerprint density at radius 1 is 1.04 bits per heavy atom. The largest absolute Gasteiger partial charge is 0.369 e. The van der Waals surface area contributed by atoms with E-state index in [1.165, 1.54) is 6.20 Å². The van der Waals surface area contributed by atoms with Crippen LogP contribution in [0.4, 0.5) is 5.95 Å². The molecule has 9 heteroatoms. The first-order valence-corrected chi connectivity index (χ1v) is 8.08. The Morgan fingerprint density at radius 3 is 2.35 bits per heavy atom. The van der Waals surface area contributed by atoms with Gasteiger partial charge in [-0.15, -0.1) is 12.4 Å². The summed E-state index contributed by atoms with van der Waals surface area (Å²) in [4.78, 5) is 38.4. The number of nitrogens with zero attached hydrogens (tertiary/aromatic N) is 3. The molecule has 0 bridgehead atoms. The van der Waals surface area contributed by atoms with Gasteiger partial charge in [0.25, 0.3) is 11.8 Å². The molecule has 3 aromatic rings. The number of nitrogen functional groups attached to an aromatic ring is 1. The zero-order valence-electron chi connectivity index (χ0n) is 13.9. The van der Waals surface area contributed by atoms with Crippen LogP contribution in [0.3, 0.4) is 0 Å². The van der Waals surface area contributed by atoms with Crippen LogP contribution in [0.15, 0.2) is 36.7 Å². The fraction of sp³-hybridized carbons (Fsp3) is 0.235. The van der Waals surface area contributed by atoms with Crippen molar-refractivity contribution in [1.29, 1.82) is 0 Å². The number of fused-ring (bicyclic) bond motifs is 1. The maximum atomic E-state index is 12.8. The summed E-state index contributed by atoms with van der Waals surface area (Å²) in [5.41, 5.74) is 7.49. The van der Waals surface area contributed by atoms with E-state index in [0.29, 0.717) is 37.4 Å². The monoisotopic (exact) mass is 374 g/mol. The maximum Gasteiger partial charge on any atom is 0.272 e. The molecule has 1 aliphatic heterocycles. The molecule has 4 rings (SSSR count). The molecule has 8 nitrogen and oxygen atoms in total. The molecule has 0 aliphatic carbocycles. The van der Waals surface area contributed by atoms with E-state index in [0.717, 1.165) is 10.9 Å². The van der Waals surface area contributed by atoms with E-state index in [1.54, 1.807) is 16.0 Å². The number of H-pyrrole nitrogens is 2. The van der Waals surface area contributed by atoms with Gasteiger partial charge in [-0.2, -0.15) is 0 Å². The Labute approximate surface area is 155 Å². The number of hydrogen-bond donors (Lipinski definition) is 3. The molecule has 1 fully saturated rings. The van der Waals surface area contributed by atoms with Gasteiger partial charge in [0.05, 0.1) is 11.8 Å². The van der Waals surface area contributed by atoms with E-state index in [9.17, 15) is 9.59 Å². The van der Waals surface area contributed by atoms with E-state index in [2.05, 4.69) is 15.0 Å². The van der Waals surface area contributed by atoms with Crippen LogP contribution in [0.25, 0.3) is 10.9 Å². The molecule has 2 amide bonds. The minimum Gasteiger partial charge on any atom is -0.369 e. The molecule has 2 aromatic heterocycles. The molecular formula is C17H19ClN6O2. The molecule has 3 heterocycles. The zero-order chi connectivity index (χ0) is 17.4. The lowest BCUT2D eigenvalue weighted by Crippen LogP contribution is -2.50. The average Bonchev–Trinajstić information content (AvgIpc) is 3.27. The number of para-hydroxylation sites is 1. The molecule has 0 radical (unpaired) electrons. The van der Waals surface area contributed by atoms with Gasteiger partial charge in [0.1, 0.15) is 5.69 Å². The molecule has 136 valence electrons. The number of anilines is 1. The Morgan fingerprint density at radius 2 is 1.69 bits per heavy atom. The molecular weight excluding hydrogens is 356 g/mol. The second-order valence-corrected chi connectivity index (χ2v) is 6.01. The predicted octanol–water partition coefficient (Wildman–Crippen LogP) is 1.49. The minimum atomic E-state index is -0.150. The summed E-state index contributed by atoms with van der Waals surface area (Å²) >= 11 is 0. The number of carbonyl (C=O) groups is 2. The third-order valence-corrected chi connectivity index (χ3v) is 4.50. The number of aromatic amines is 2. The standard InChI is InChI=1S/C17H18N6O2.ClH/c18-17-20-10-14(21-17)16(25)23-7-5-22(6-8-23)15(24)12-9-19-13-4-2-1-3-11(12)13;/h1-4,9-10,19H,5-8H2,(H3,18,20,21);1H. The van der Waals surface area contributed by atoms with Crippen molar-refractivity contribution in [3.63, 3.8) is 0 Å². The quantitative estimate of drug-likeness (QED) is 0.631.